The van der Waals surface area contributed by atoms with Crippen LogP contribution in [0.3, 0.4) is 0 Å². The molecular formula is C10H17NO. The van der Waals surface area contributed by atoms with Crippen molar-refractivity contribution >= 4 is 5.78 Å². The Labute approximate surface area is 73.9 Å². The van der Waals surface area contributed by atoms with Crippen LogP contribution < -0.4 is 0 Å². The molecule has 2 heteroatoms. The molecular weight excluding hydrogens is 150 g/mol. The van der Waals surface area contributed by atoms with Gasteiger partial charge in [0.05, 0.1) is 0 Å². The van der Waals surface area contributed by atoms with Crippen molar-refractivity contribution in [2.75, 3.05) is 6.54 Å². The van der Waals surface area contributed by atoms with Gasteiger partial charge in [-0.15, -0.1) is 0 Å². The van der Waals surface area contributed by atoms with Gasteiger partial charge in [0.2, 0.25) is 0 Å². The van der Waals surface area contributed by atoms with Crippen LogP contribution in [0, 0.1) is 0 Å². The average Bonchev–Trinajstić information content (AvgIpc) is 2.04. The second-order valence-electron chi connectivity index (χ2n) is 4.16. The minimum Gasteiger partial charge on any atom is -0.300 e. The lowest BCUT2D eigenvalue weighted by Gasteiger charge is -2.43. The van der Waals surface area contributed by atoms with Gasteiger partial charge in [-0.05, 0) is 19.8 Å². The number of carbonyl (C=O) groups excluding carboxylic acids is 1. The number of ketones is 1. The fourth-order valence-electron chi connectivity index (χ4n) is 2.58. The van der Waals surface area contributed by atoms with Crippen molar-refractivity contribution in [3.05, 3.63) is 0 Å². The Balaban J connectivity index is 2.04. The summed E-state index contributed by atoms with van der Waals surface area (Å²) in [5.41, 5.74) is 0. The van der Waals surface area contributed by atoms with Crippen molar-refractivity contribution in [2.24, 2.45) is 0 Å². The van der Waals surface area contributed by atoms with Gasteiger partial charge in [-0.25, -0.2) is 0 Å². The van der Waals surface area contributed by atoms with E-state index in [9.17, 15) is 4.79 Å². The van der Waals surface area contributed by atoms with E-state index >= 15 is 0 Å². The molecule has 0 saturated carbocycles. The van der Waals surface area contributed by atoms with Crippen molar-refractivity contribution in [2.45, 2.75) is 51.1 Å². The number of hydrogen-bond acceptors (Lipinski definition) is 2. The Morgan fingerprint density at radius 1 is 1.42 bits per heavy atom. The lowest BCUT2D eigenvalue weighted by molar-refractivity contribution is -0.124. The van der Waals surface area contributed by atoms with Gasteiger partial charge in [-0.3, -0.25) is 9.69 Å². The fourth-order valence-corrected chi connectivity index (χ4v) is 2.58. The van der Waals surface area contributed by atoms with E-state index < -0.39 is 0 Å². The van der Waals surface area contributed by atoms with E-state index in [1.165, 1.54) is 19.3 Å². The summed E-state index contributed by atoms with van der Waals surface area (Å²) >= 11 is 0. The molecule has 2 aliphatic heterocycles. The van der Waals surface area contributed by atoms with Crippen LogP contribution in [0.15, 0.2) is 0 Å². The van der Waals surface area contributed by atoms with Crippen molar-refractivity contribution in [3.63, 3.8) is 0 Å². The Morgan fingerprint density at radius 3 is 3.08 bits per heavy atom. The maximum Gasteiger partial charge on any atom is 0.135 e. The van der Waals surface area contributed by atoms with Crippen LogP contribution in [0.1, 0.15) is 39.0 Å². The molecule has 0 aromatic carbocycles. The molecule has 0 bridgehead atoms. The van der Waals surface area contributed by atoms with Crippen LogP contribution in [0.25, 0.3) is 0 Å². The molecule has 2 unspecified atom stereocenters. The first-order valence-corrected chi connectivity index (χ1v) is 5.05. The average molecular weight is 167 g/mol. The normalized spacial score (nSPS) is 37.9. The zero-order valence-electron chi connectivity index (χ0n) is 7.75. The summed E-state index contributed by atoms with van der Waals surface area (Å²) in [5, 5.41) is 0. The predicted molar refractivity (Wildman–Crippen MR) is 48.0 cm³/mol. The summed E-state index contributed by atoms with van der Waals surface area (Å²) in [6.07, 6.45) is 5.50. The number of fused-ring (bicyclic) bond motifs is 1. The molecule has 0 spiro atoms. The largest absolute Gasteiger partial charge is 0.300 e. The molecule has 0 radical (unpaired) electrons. The standard InChI is InChI=1S/C10H17NO/c1-8-3-2-4-9-7-10(12)5-6-11(8)9/h8-9H,2-7H2,1H3. The molecule has 0 aromatic rings. The summed E-state index contributed by atoms with van der Waals surface area (Å²) in [7, 11) is 0. The number of piperidine rings is 2. The fraction of sp³-hybridized carbons (Fsp3) is 0.900. The molecule has 12 heavy (non-hydrogen) atoms. The van der Waals surface area contributed by atoms with E-state index in [1.54, 1.807) is 0 Å². The third kappa shape index (κ3) is 1.40. The summed E-state index contributed by atoms with van der Waals surface area (Å²) in [6, 6.07) is 1.31. The van der Waals surface area contributed by atoms with Gasteiger partial charge in [0, 0.05) is 31.5 Å². The quantitative estimate of drug-likeness (QED) is 0.546. The Kier molecular flexibility index (Phi) is 2.18. The van der Waals surface area contributed by atoms with Crippen molar-refractivity contribution in [1.29, 1.82) is 0 Å². The highest BCUT2D eigenvalue weighted by atomic mass is 16.1. The first kappa shape index (κ1) is 8.24. The zero-order valence-corrected chi connectivity index (χ0v) is 7.75. The van der Waals surface area contributed by atoms with Gasteiger partial charge in [-0.2, -0.15) is 0 Å². The Morgan fingerprint density at radius 2 is 2.25 bits per heavy atom. The molecule has 2 rings (SSSR count). The number of nitrogens with zero attached hydrogens (tertiary/aromatic N) is 1. The molecule has 2 nitrogen and oxygen atoms in total. The topological polar surface area (TPSA) is 20.3 Å². The van der Waals surface area contributed by atoms with Gasteiger partial charge in [0.25, 0.3) is 0 Å². The predicted octanol–water partition coefficient (Wildman–Crippen LogP) is 1.59. The molecule has 0 aliphatic carbocycles. The minimum absolute atomic E-state index is 0.477. The van der Waals surface area contributed by atoms with E-state index in [0.29, 0.717) is 11.8 Å². The van der Waals surface area contributed by atoms with Crippen LogP contribution in [0.2, 0.25) is 0 Å². The van der Waals surface area contributed by atoms with E-state index in [0.717, 1.165) is 25.4 Å². The summed E-state index contributed by atoms with van der Waals surface area (Å²) in [6.45, 7) is 3.31. The summed E-state index contributed by atoms with van der Waals surface area (Å²) < 4.78 is 0. The van der Waals surface area contributed by atoms with Crippen LogP contribution >= 0.6 is 0 Å². The van der Waals surface area contributed by atoms with Crippen molar-refractivity contribution < 1.29 is 4.79 Å². The third-order valence-electron chi connectivity index (χ3n) is 3.31. The number of hydrogen-bond donors (Lipinski definition) is 0. The highest BCUT2D eigenvalue weighted by Gasteiger charge is 2.32. The van der Waals surface area contributed by atoms with Crippen molar-refractivity contribution in [3.8, 4) is 0 Å². The van der Waals surface area contributed by atoms with Crippen LogP contribution in [0.4, 0.5) is 0 Å². The van der Waals surface area contributed by atoms with E-state index in [2.05, 4.69) is 11.8 Å². The Hall–Kier alpha value is -0.370. The monoisotopic (exact) mass is 167 g/mol. The number of Topliss-reactive ketones (excluding diaryl/α,β-unsaturated/α-hetero) is 1. The van der Waals surface area contributed by atoms with Gasteiger partial charge in [0.15, 0.2) is 0 Å². The molecule has 0 amide bonds. The SMILES string of the molecule is CC1CCCC2CC(=O)CCN12. The maximum absolute atomic E-state index is 11.2. The van der Waals surface area contributed by atoms with Gasteiger partial charge >= 0.3 is 0 Å². The van der Waals surface area contributed by atoms with Crippen LogP contribution in [0.5, 0.6) is 0 Å². The Bertz CT molecular complexity index is 190. The zero-order chi connectivity index (χ0) is 8.55. The second-order valence-corrected chi connectivity index (χ2v) is 4.16. The lowest BCUT2D eigenvalue weighted by atomic mass is 9.89. The van der Waals surface area contributed by atoms with Gasteiger partial charge < -0.3 is 0 Å². The molecule has 68 valence electrons. The van der Waals surface area contributed by atoms with Gasteiger partial charge in [-0.1, -0.05) is 6.42 Å². The summed E-state index contributed by atoms with van der Waals surface area (Å²) in [5.74, 6) is 0.477. The number of rotatable bonds is 0. The molecule has 2 saturated heterocycles. The second kappa shape index (κ2) is 3.17. The molecule has 2 heterocycles. The maximum atomic E-state index is 11.2. The lowest BCUT2D eigenvalue weighted by Crippen LogP contribution is -2.49. The highest BCUT2D eigenvalue weighted by Crippen LogP contribution is 2.28. The molecule has 0 N–H and O–H groups in total. The number of carbonyl (C=O) groups is 1. The highest BCUT2D eigenvalue weighted by molar-refractivity contribution is 5.80. The van der Waals surface area contributed by atoms with E-state index in [4.69, 9.17) is 0 Å². The molecule has 2 fully saturated rings. The molecule has 0 aromatic heterocycles. The first-order chi connectivity index (χ1) is 5.77. The molecule has 2 aliphatic rings. The van der Waals surface area contributed by atoms with Crippen LogP contribution in [-0.4, -0.2) is 29.3 Å². The van der Waals surface area contributed by atoms with Gasteiger partial charge in [0.1, 0.15) is 5.78 Å². The van der Waals surface area contributed by atoms with E-state index in [-0.39, 0.29) is 0 Å². The molecule has 2 atom stereocenters. The van der Waals surface area contributed by atoms with Crippen molar-refractivity contribution in [1.82, 2.24) is 4.90 Å². The smallest absolute Gasteiger partial charge is 0.135 e. The summed E-state index contributed by atoms with van der Waals surface area (Å²) in [4.78, 5) is 13.7. The third-order valence-corrected chi connectivity index (χ3v) is 3.31. The first-order valence-electron chi connectivity index (χ1n) is 5.05. The minimum atomic E-state index is 0.477. The van der Waals surface area contributed by atoms with E-state index in [1.807, 2.05) is 0 Å². The van der Waals surface area contributed by atoms with Crippen LogP contribution in [-0.2, 0) is 4.79 Å².